The molecule has 0 aliphatic heterocycles. The van der Waals surface area contributed by atoms with Crippen LogP contribution in [0.15, 0.2) is 36.9 Å². The highest BCUT2D eigenvalue weighted by Crippen LogP contribution is 2.16. The Morgan fingerprint density at radius 1 is 1.22 bits per heavy atom. The van der Waals surface area contributed by atoms with Gasteiger partial charge in [0.1, 0.15) is 0 Å². The first-order valence-corrected chi connectivity index (χ1v) is 7.10. The summed E-state index contributed by atoms with van der Waals surface area (Å²) in [7, 11) is 0. The molecule has 0 bridgehead atoms. The minimum Gasteiger partial charge on any atom is -0.313 e. The summed E-state index contributed by atoms with van der Waals surface area (Å²) in [5, 5.41) is 3.58. The molecule has 1 N–H and O–H groups in total. The maximum absolute atomic E-state index is 3.85. The first kappa shape index (κ1) is 15.0. The van der Waals surface area contributed by atoms with Crippen molar-refractivity contribution in [2.75, 3.05) is 6.54 Å². The molecule has 1 aromatic rings. The van der Waals surface area contributed by atoms with E-state index in [2.05, 4.69) is 56.9 Å². The molecule has 1 aromatic carbocycles. The lowest BCUT2D eigenvalue weighted by Gasteiger charge is -2.17. The zero-order valence-corrected chi connectivity index (χ0v) is 12.1. The van der Waals surface area contributed by atoms with Gasteiger partial charge in [0.25, 0.3) is 0 Å². The molecule has 0 fully saturated rings. The Hall–Kier alpha value is -1.08. The van der Waals surface area contributed by atoms with Crippen LogP contribution < -0.4 is 5.32 Å². The van der Waals surface area contributed by atoms with E-state index in [4.69, 9.17) is 0 Å². The van der Waals surface area contributed by atoms with Crippen molar-refractivity contribution < 1.29 is 0 Å². The molecule has 0 spiro atoms. The standard InChI is InChI=1S/C17H27N/c1-5-7-17(18-12-6-2)13-15-8-10-16(11-9-15)14(3)4/h5,8-11,14,17-18H,1,6-7,12-13H2,2-4H3. The molecule has 1 heteroatoms. The van der Waals surface area contributed by atoms with E-state index in [0.717, 1.165) is 19.4 Å². The largest absolute Gasteiger partial charge is 0.313 e. The molecule has 1 rings (SSSR count). The average Bonchev–Trinajstić information content (AvgIpc) is 2.37. The van der Waals surface area contributed by atoms with Gasteiger partial charge in [-0.05, 0) is 42.9 Å². The van der Waals surface area contributed by atoms with Crippen LogP contribution in [0.3, 0.4) is 0 Å². The van der Waals surface area contributed by atoms with E-state index in [-0.39, 0.29) is 0 Å². The normalized spacial score (nSPS) is 12.7. The van der Waals surface area contributed by atoms with Gasteiger partial charge in [0.2, 0.25) is 0 Å². The highest BCUT2D eigenvalue weighted by atomic mass is 14.9. The molecule has 18 heavy (non-hydrogen) atoms. The molecule has 0 amide bonds. The van der Waals surface area contributed by atoms with Gasteiger partial charge in [0.15, 0.2) is 0 Å². The second-order valence-corrected chi connectivity index (χ2v) is 5.28. The fourth-order valence-electron chi connectivity index (χ4n) is 2.11. The fraction of sp³-hybridized carbons (Fsp3) is 0.529. The lowest BCUT2D eigenvalue weighted by molar-refractivity contribution is 0.512. The van der Waals surface area contributed by atoms with Gasteiger partial charge in [-0.2, -0.15) is 0 Å². The summed E-state index contributed by atoms with van der Waals surface area (Å²) in [5.74, 6) is 0.612. The molecule has 100 valence electrons. The third kappa shape index (κ3) is 5.05. The van der Waals surface area contributed by atoms with Crippen molar-refractivity contribution in [3.05, 3.63) is 48.0 Å². The zero-order valence-electron chi connectivity index (χ0n) is 12.1. The summed E-state index contributed by atoms with van der Waals surface area (Å²) < 4.78 is 0. The molecule has 0 aromatic heterocycles. The van der Waals surface area contributed by atoms with Crippen LogP contribution in [0.4, 0.5) is 0 Å². The molecule has 0 saturated heterocycles. The van der Waals surface area contributed by atoms with Gasteiger partial charge < -0.3 is 5.32 Å². The second kappa shape index (κ2) is 8.10. The van der Waals surface area contributed by atoms with Gasteiger partial charge in [-0.1, -0.05) is 51.1 Å². The topological polar surface area (TPSA) is 12.0 Å². The maximum atomic E-state index is 3.85. The van der Waals surface area contributed by atoms with Crippen LogP contribution in [0.2, 0.25) is 0 Å². The Bertz CT molecular complexity index is 337. The molecular formula is C17H27N. The Labute approximate surface area is 112 Å². The number of rotatable bonds is 8. The molecule has 0 saturated carbocycles. The van der Waals surface area contributed by atoms with Gasteiger partial charge in [0.05, 0.1) is 0 Å². The Morgan fingerprint density at radius 3 is 2.39 bits per heavy atom. The lowest BCUT2D eigenvalue weighted by atomic mass is 9.98. The van der Waals surface area contributed by atoms with Gasteiger partial charge in [-0.3, -0.25) is 0 Å². The third-order valence-electron chi connectivity index (χ3n) is 3.26. The van der Waals surface area contributed by atoms with Crippen LogP contribution in [-0.2, 0) is 6.42 Å². The van der Waals surface area contributed by atoms with Crippen molar-refractivity contribution in [3.63, 3.8) is 0 Å². The Kier molecular flexibility index (Phi) is 6.74. The van der Waals surface area contributed by atoms with E-state index in [1.807, 2.05) is 6.08 Å². The van der Waals surface area contributed by atoms with Crippen LogP contribution in [0.1, 0.15) is 50.7 Å². The number of hydrogen-bond donors (Lipinski definition) is 1. The van der Waals surface area contributed by atoms with Gasteiger partial charge in [0, 0.05) is 6.04 Å². The van der Waals surface area contributed by atoms with Gasteiger partial charge >= 0.3 is 0 Å². The smallest absolute Gasteiger partial charge is 0.0142 e. The fourth-order valence-corrected chi connectivity index (χ4v) is 2.11. The summed E-state index contributed by atoms with van der Waals surface area (Å²) >= 11 is 0. The molecule has 1 atom stereocenters. The van der Waals surface area contributed by atoms with Crippen molar-refractivity contribution in [2.45, 2.75) is 52.0 Å². The second-order valence-electron chi connectivity index (χ2n) is 5.28. The van der Waals surface area contributed by atoms with Crippen molar-refractivity contribution in [1.29, 1.82) is 0 Å². The molecule has 0 radical (unpaired) electrons. The molecule has 0 aliphatic carbocycles. The minimum absolute atomic E-state index is 0.521. The van der Waals surface area contributed by atoms with E-state index in [0.29, 0.717) is 12.0 Å². The van der Waals surface area contributed by atoms with Crippen LogP contribution in [0.25, 0.3) is 0 Å². The Morgan fingerprint density at radius 2 is 1.89 bits per heavy atom. The first-order valence-electron chi connectivity index (χ1n) is 7.10. The average molecular weight is 245 g/mol. The third-order valence-corrected chi connectivity index (χ3v) is 3.26. The quantitative estimate of drug-likeness (QED) is 0.673. The maximum Gasteiger partial charge on any atom is 0.0142 e. The van der Waals surface area contributed by atoms with E-state index >= 15 is 0 Å². The first-order chi connectivity index (χ1) is 8.67. The Balaban J connectivity index is 2.59. The zero-order chi connectivity index (χ0) is 13.4. The summed E-state index contributed by atoms with van der Waals surface area (Å²) in [6.45, 7) is 11.6. The summed E-state index contributed by atoms with van der Waals surface area (Å²) in [6, 6.07) is 9.56. The van der Waals surface area contributed by atoms with Crippen molar-refractivity contribution in [1.82, 2.24) is 5.32 Å². The summed E-state index contributed by atoms with van der Waals surface area (Å²) in [4.78, 5) is 0. The van der Waals surface area contributed by atoms with Gasteiger partial charge in [-0.15, -0.1) is 6.58 Å². The van der Waals surface area contributed by atoms with Gasteiger partial charge in [-0.25, -0.2) is 0 Å². The van der Waals surface area contributed by atoms with E-state index < -0.39 is 0 Å². The molecular weight excluding hydrogens is 218 g/mol. The molecule has 1 nitrogen and oxygen atoms in total. The predicted octanol–water partition coefficient (Wildman–Crippen LogP) is 4.30. The van der Waals surface area contributed by atoms with Crippen molar-refractivity contribution in [3.8, 4) is 0 Å². The van der Waals surface area contributed by atoms with Crippen LogP contribution in [0, 0.1) is 0 Å². The minimum atomic E-state index is 0.521. The summed E-state index contributed by atoms with van der Waals surface area (Å²) in [6.07, 6.45) is 5.31. The summed E-state index contributed by atoms with van der Waals surface area (Å²) in [5.41, 5.74) is 2.83. The lowest BCUT2D eigenvalue weighted by Crippen LogP contribution is -2.31. The number of nitrogens with one attached hydrogen (secondary N) is 1. The van der Waals surface area contributed by atoms with E-state index in [1.165, 1.54) is 17.5 Å². The molecule has 0 aliphatic rings. The van der Waals surface area contributed by atoms with Crippen molar-refractivity contribution >= 4 is 0 Å². The predicted molar refractivity (Wildman–Crippen MR) is 81.1 cm³/mol. The highest BCUT2D eigenvalue weighted by molar-refractivity contribution is 5.25. The molecule has 0 heterocycles. The van der Waals surface area contributed by atoms with Crippen LogP contribution in [0.5, 0.6) is 0 Å². The van der Waals surface area contributed by atoms with E-state index in [9.17, 15) is 0 Å². The van der Waals surface area contributed by atoms with E-state index in [1.54, 1.807) is 0 Å². The van der Waals surface area contributed by atoms with Crippen molar-refractivity contribution in [2.24, 2.45) is 0 Å². The number of hydrogen-bond acceptors (Lipinski definition) is 1. The highest BCUT2D eigenvalue weighted by Gasteiger charge is 2.07. The molecule has 1 unspecified atom stereocenters. The SMILES string of the molecule is C=CCC(Cc1ccc(C(C)C)cc1)NCCC. The van der Waals surface area contributed by atoms with Crippen LogP contribution >= 0.6 is 0 Å². The monoisotopic (exact) mass is 245 g/mol. The number of benzene rings is 1. The van der Waals surface area contributed by atoms with Crippen LogP contribution in [-0.4, -0.2) is 12.6 Å².